The third-order valence-electron chi connectivity index (χ3n) is 5.53. The zero-order valence-corrected chi connectivity index (χ0v) is 14.6. The van der Waals surface area contributed by atoms with Crippen molar-refractivity contribution in [2.24, 2.45) is 11.3 Å². The maximum absolute atomic E-state index is 13.0. The molecular weight excluding hydrogens is 335 g/mol. The number of carboxylic acids is 1. The summed E-state index contributed by atoms with van der Waals surface area (Å²) in [6, 6.07) is 1.89. The molecule has 3 rings (SSSR count). The molecule has 1 aromatic carbocycles. The molecule has 0 bridgehead atoms. The lowest BCUT2D eigenvalue weighted by atomic mass is 9.73. The number of carbonyl (C=O) groups excluding carboxylic acids is 1. The largest absolute Gasteiger partial charge is 0.481 e. The molecule has 0 heterocycles. The van der Waals surface area contributed by atoms with Crippen LogP contribution in [0, 0.1) is 11.3 Å². The molecule has 3 nitrogen and oxygen atoms in total. The van der Waals surface area contributed by atoms with Crippen LogP contribution in [0.25, 0.3) is 0 Å². The van der Waals surface area contributed by atoms with Gasteiger partial charge in [0.15, 0.2) is 5.78 Å². The summed E-state index contributed by atoms with van der Waals surface area (Å²) in [5, 5.41) is 9.50. The second kappa shape index (κ2) is 6.10. The SMILES string of the molecule is CC1(C2CCCC2)Cc2cc(CCC(=O)O)c(Cl)c(Cl)c2C1=O. The fraction of sp³-hybridized carbons (Fsp3) is 0.556. The van der Waals surface area contributed by atoms with Crippen molar-refractivity contribution in [3.63, 3.8) is 0 Å². The first-order valence-corrected chi connectivity index (χ1v) is 8.86. The molecular formula is C18H20Cl2O3. The predicted octanol–water partition coefficient (Wildman–Crippen LogP) is 4.95. The number of carboxylic acid groups (broad SMARTS) is 1. The van der Waals surface area contributed by atoms with Gasteiger partial charge >= 0.3 is 5.97 Å². The molecule has 1 atom stereocenters. The van der Waals surface area contributed by atoms with Crippen LogP contribution in [0.4, 0.5) is 0 Å². The van der Waals surface area contributed by atoms with Crippen molar-refractivity contribution < 1.29 is 14.7 Å². The Morgan fingerprint density at radius 3 is 2.57 bits per heavy atom. The summed E-state index contributed by atoms with van der Waals surface area (Å²) in [5.74, 6) is -0.361. The smallest absolute Gasteiger partial charge is 0.303 e. The van der Waals surface area contributed by atoms with E-state index in [4.69, 9.17) is 28.3 Å². The Bertz CT molecular complexity index is 677. The average Bonchev–Trinajstić information content (AvgIpc) is 3.10. The zero-order chi connectivity index (χ0) is 16.8. The minimum absolute atomic E-state index is 0.00265. The van der Waals surface area contributed by atoms with Crippen LogP contribution in [0.1, 0.15) is 60.5 Å². The Hall–Kier alpha value is -1.06. The van der Waals surface area contributed by atoms with E-state index in [1.165, 1.54) is 12.8 Å². The van der Waals surface area contributed by atoms with Gasteiger partial charge in [0.05, 0.1) is 10.0 Å². The highest BCUT2D eigenvalue weighted by atomic mass is 35.5. The lowest BCUT2D eigenvalue weighted by Crippen LogP contribution is -2.32. The monoisotopic (exact) mass is 354 g/mol. The summed E-state index contributed by atoms with van der Waals surface area (Å²) in [7, 11) is 0. The van der Waals surface area contributed by atoms with Gasteiger partial charge in [0, 0.05) is 17.4 Å². The van der Waals surface area contributed by atoms with Crippen LogP contribution in [0.3, 0.4) is 0 Å². The number of hydrogen-bond donors (Lipinski definition) is 1. The van der Waals surface area contributed by atoms with Crippen LogP contribution >= 0.6 is 23.2 Å². The quantitative estimate of drug-likeness (QED) is 0.832. The van der Waals surface area contributed by atoms with Crippen molar-refractivity contribution in [2.75, 3.05) is 0 Å². The number of halogens is 2. The van der Waals surface area contributed by atoms with Crippen molar-refractivity contribution in [2.45, 2.75) is 51.9 Å². The van der Waals surface area contributed by atoms with E-state index in [-0.39, 0.29) is 12.2 Å². The first-order valence-electron chi connectivity index (χ1n) is 8.11. The molecule has 0 spiro atoms. The van der Waals surface area contributed by atoms with Gasteiger partial charge in [-0.15, -0.1) is 0 Å². The molecule has 0 aliphatic heterocycles. The number of fused-ring (bicyclic) bond motifs is 1. The van der Waals surface area contributed by atoms with Crippen LogP contribution < -0.4 is 0 Å². The summed E-state index contributed by atoms with van der Waals surface area (Å²) in [6.07, 6.45) is 5.56. The number of aliphatic carboxylic acids is 1. The first-order chi connectivity index (χ1) is 10.8. The van der Waals surface area contributed by atoms with Crippen LogP contribution in [-0.4, -0.2) is 16.9 Å². The first kappa shape index (κ1) is 16.8. The molecule has 1 N–H and O–H groups in total. The third kappa shape index (κ3) is 2.78. The highest BCUT2D eigenvalue weighted by Gasteiger charge is 2.49. The predicted molar refractivity (Wildman–Crippen MR) is 90.5 cm³/mol. The Morgan fingerprint density at radius 2 is 1.96 bits per heavy atom. The molecule has 0 aromatic heterocycles. The van der Waals surface area contributed by atoms with E-state index in [9.17, 15) is 9.59 Å². The lowest BCUT2D eigenvalue weighted by molar-refractivity contribution is -0.136. The van der Waals surface area contributed by atoms with Gasteiger partial charge in [-0.05, 0) is 42.7 Å². The van der Waals surface area contributed by atoms with E-state index in [0.717, 1.165) is 24.0 Å². The van der Waals surface area contributed by atoms with Gasteiger partial charge in [0.2, 0.25) is 0 Å². The topological polar surface area (TPSA) is 54.4 Å². The summed E-state index contributed by atoms with van der Waals surface area (Å²) < 4.78 is 0. The fourth-order valence-corrected chi connectivity index (χ4v) is 4.77. The molecule has 0 saturated heterocycles. The molecule has 1 unspecified atom stereocenters. The van der Waals surface area contributed by atoms with Gasteiger partial charge in [-0.3, -0.25) is 9.59 Å². The molecule has 5 heteroatoms. The highest BCUT2D eigenvalue weighted by Crippen LogP contribution is 2.51. The van der Waals surface area contributed by atoms with Crippen molar-refractivity contribution in [1.29, 1.82) is 0 Å². The minimum atomic E-state index is -0.871. The molecule has 1 aromatic rings. The molecule has 0 radical (unpaired) electrons. The van der Waals surface area contributed by atoms with Crippen molar-refractivity contribution in [3.8, 4) is 0 Å². The number of ketones is 1. The second-order valence-electron chi connectivity index (χ2n) is 7.00. The summed E-state index contributed by atoms with van der Waals surface area (Å²) >= 11 is 12.7. The Balaban J connectivity index is 1.98. The zero-order valence-electron chi connectivity index (χ0n) is 13.1. The normalized spacial score (nSPS) is 24.2. The minimum Gasteiger partial charge on any atom is -0.481 e. The number of benzene rings is 1. The number of aryl methyl sites for hydroxylation is 1. The maximum atomic E-state index is 13.0. The van der Waals surface area contributed by atoms with Gasteiger partial charge in [0.25, 0.3) is 0 Å². The standard InChI is InChI=1S/C18H20Cl2O3/c1-18(12-4-2-3-5-12)9-11-8-10(6-7-13(21)22)15(19)16(20)14(11)17(18)23/h8,12H,2-7,9H2,1H3,(H,21,22). The average molecular weight is 355 g/mol. The van der Waals surface area contributed by atoms with Gasteiger partial charge in [-0.1, -0.05) is 49.0 Å². The van der Waals surface area contributed by atoms with Crippen LogP contribution in [0.5, 0.6) is 0 Å². The number of hydrogen-bond acceptors (Lipinski definition) is 2. The van der Waals surface area contributed by atoms with Crippen molar-refractivity contribution >= 4 is 35.0 Å². The molecule has 1 fully saturated rings. The van der Waals surface area contributed by atoms with E-state index in [0.29, 0.717) is 34.4 Å². The van der Waals surface area contributed by atoms with Gasteiger partial charge < -0.3 is 5.11 Å². The van der Waals surface area contributed by atoms with Crippen molar-refractivity contribution in [1.82, 2.24) is 0 Å². The Labute approximate surface area is 146 Å². The molecule has 0 amide bonds. The second-order valence-corrected chi connectivity index (χ2v) is 7.75. The summed E-state index contributed by atoms with van der Waals surface area (Å²) in [4.78, 5) is 23.8. The van der Waals surface area contributed by atoms with E-state index in [1.54, 1.807) is 0 Å². The Kier molecular flexibility index (Phi) is 4.45. The van der Waals surface area contributed by atoms with Gasteiger partial charge in [-0.25, -0.2) is 0 Å². The lowest BCUT2D eigenvalue weighted by Gasteiger charge is -2.29. The van der Waals surface area contributed by atoms with E-state index in [1.807, 2.05) is 13.0 Å². The molecule has 2 aliphatic rings. The summed E-state index contributed by atoms with van der Waals surface area (Å²) in [5.41, 5.74) is 1.82. The molecule has 124 valence electrons. The van der Waals surface area contributed by atoms with E-state index in [2.05, 4.69) is 0 Å². The maximum Gasteiger partial charge on any atom is 0.303 e. The Morgan fingerprint density at radius 1 is 1.30 bits per heavy atom. The number of Topliss-reactive ketones (excluding diaryl/α,β-unsaturated/α-hetero) is 1. The van der Waals surface area contributed by atoms with Gasteiger partial charge in [-0.2, -0.15) is 0 Å². The van der Waals surface area contributed by atoms with E-state index >= 15 is 0 Å². The fourth-order valence-electron chi connectivity index (χ4n) is 4.20. The van der Waals surface area contributed by atoms with Crippen LogP contribution in [0.2, 0.25) is 10.0 Å². The van der Waals surface area contributed by atoms with Crippen molar-refractivity contribution in [3.05, 3.63) is 32.8 Å². The van der Waals surface area contributed by atoms with Gasteiger partial charge in [0.1, 0.15) is 0 Å². The number of carbonyl (C=O) groups is 2. The summed E-state index contributed by atoms with van der Waals surface area (Å²) in [6.45, 7) is 2.05. The van der Waals surface area contributed by atoms with Crippen LogP contribution in [0.15, 0.2) is 6.07 Å². The van der Waals surface area contributed by atoms with E-state index < -0.39 is 11.4 Å². The third-order valence-corrected chi connectivity index (χ3v) is 6.44. The molecule has 1 saturated carbocycles. The number of rotatable bonds is 4. The molecule has 23 heavy (non-hydrogen) atoms. The highest BCUT2D eigenvalue weighted by molar-refractivity contribution is 6.45. The van der Waals surface area contributed by atoms with Crippen LogP contribution in [-0.2, 0) is 17.6 Å². The molecule has 2 aliphatic carbocycles.